The Morgan fingerprint density at radius 2 is 2.31 bits per heavy atom. The smallest absolute Gasteiger partial charge is 0.0659 e. The number of nitrogens with zero attached hydrogens (tertiary/aromatic N) is 1. The lowest BCUT2D eigenvalue weighted by Crippen LogP contribution is -2.50. The molecule has 1 unspecified atom stereocenters. The van der Waals surface area contributed by atoms with Crippen LogP contribution in [0.15, 0.2) is 0 Å². The van der Waals surface area contributed by atoms with Gasteiger partial charge in [-0.05, 0) is 32.2 Å². The third-order valence-corrected chi connectivity index (χ3v) is 2.99. The van der Waals surface area contributed by atoms with Crippen LogP contribution < -0.4 is 5.73 Å². The molecular weight excluding hydrogens is 164 g/mol. The van der Waals surface area contributed by atoms with E-state index in [-0.39, 0.29) is 5.54 Å². The molecule has 0 radical (unpaired) electrons. The Morgan fingerprint density at radius 3 is 2.85 bits per heavy atom. The zero-order chi connectivity index (χ0) is 9.31. The van der Waals surface area contributed by atoms with E-state index < -0.39 is 0 Å². The topological polar surface area (TPSA) is 38.5 Å². The standard InChI is InChI=1S/C10H20N2O/c1-12(6-9-2-3-9)7-10(11)4-5-13-8-10/h9H,2-8,11H2,1H3. The van der Waals surface area contributed by atoms with E-state index in [0.29, 0.717) is 0 Å². The van der Waals surface area contributed by atoms with Crippen molar-refractivity contribution in [3.05, 3.63) is 0 Å². The lowest BCUT2D eigenvalue weighted by Gasteiger charge is -2.28. The summed E-state index contributed by atoms with van der Waals surface area (Å²) in [6.45, 7) is 3.79. The van der Waals surface area contributed by atoms with Gasteiger partial charge in [0.05, 0.1) is 12.1 Å². The molecule has 2 aliphatic rings. The van der Waals surface area contributed by atoms with Gasteiger partial charge in [-0.25, -0.2) is 0 Å². The van der Waals surface area contributed by atoms with Crippen molar-refractivity contribution in [1.29, 1.82) is 0 Å². The summed E-state index contributed by atoms with van der Waals surface area (Å²) in [5.74, 6) is 0.955. The monoisotopic (exact) mass is 184 g/mol. The Labute approximate surface area is 80.2 Å². The van der Waals surface area contributed by atoms with Crippen molar-refractivity contribution in [3.8, 4) is 0 Å². The van der Waals surface area contributed by atoms with E-state index in [1.807, 2.05) is 0 Å². The van der Waals surface area contributed by atoms with Crippen LogP contribution in [-0.4, -0.2) is 43.8 Å². The molecule has 1 aliphatic carbocycles. The Morgan fingerprint density at radius 1 is 1.54 bits per heavy atom. The molecule has 3 nitrogen and oxygen atoms in total. The normalized spacial score (nSPS) is 34.4. The van der Waals surface area contributed by atoms with Crippen LogP contribution in [0.3, 0.4) is 0 Å². The zero-order valence-corrected chi connectivity index (χ0v) is 8.46. The molecule has 1 aliphatic heterocycles. The fourth-order valence-corrected chi connectivity index (χ4v) is 2.09. The second-order valence-electron chi connectivity index (χ2n) is 4.81. The molecule has 0 bridgehead atoms. The van der Waals surface area contributed by atoms with Crippen LogP contribution in [0.1, 0.15) is 19.3 Å². The van der Waals surface area contributed by atoms with Crippen molar-refractivity contribution in [3.63, 3.8) is 0 Å². The predicted molar refractivity (Wildman–Crippen MR) is 52.6 cm³/mol. The van der Waals surface area contributed by atoms with E-state index in [2.05, 4.69) is 11.9 Å². The van der Waals surface area contributed by atoms with Crippen LogP contribution in [0.2, 0.25) is 0 Å². The van der Waals surface area contributed by atoms with E-state index in [1.165, 1.54) is 19.4 Å². The fourth-order valence-electron chi connectivity index (χ4n) is 2.09. The van der Waals surface area contributed by atoms with Crippen LogP contribution in [-0.2, 0) is 4.74 Å². The molecule has 0 aromatic rings. The summed E-state index contributed by atoms with van der Waals surface area (Å²) in [4.78, 5) is 2.37. The van der Waals surface area contributed by atoms with Crippen LogP contribution in [0.5, 0.6) is 0 Å². The van der Waals surface area contributed by atoms with E-state index in [1.54, 1.807) is 0 Å². The number of likely N-dealkylation sites (N-methyl/N-ethyl adjacent to an activating group) is 1. The highest BCUT2D eigenvalue weighted by molar-refractivity contribution is 4.91. The van der Waals surface area contributed by atoms with Crippen molar-refractivity contribution in [2.45, 2.75) is 24.8 Å². The predicted octanol–water partition coefficient (Wildman–Crippen LogP) is 0.446. The second-order valence-corrected chi connectivity index (χ2v) is 4.81. The van der Waals surface area contributed by atoms with Gasteiger partial charge in [0.25, 0.3) is 0 Å². The highest BCUT2D eigenvalue weighted by atomic mass is 16.5. The molecule has 0 aromatic carbocycles. The lowest BCUT2D eigenvalue weighted by atomic mass is 10.00. The van der Waals surface area contributed by atoms with E-state index in [0.717, 1.165) is 32.1 Å². The molecular formula is C10H20N2O. The van der Waals surface area contributed by atoms with Gasteiger partial charge in [-0.1, -0.05) is 0 Å². The first-order chi connectivity index (χ1) is 6.18. The summed E-state index contributed by atoms with van der Waals surface area (Å²) < 4.78 is 5.33. The largest absolute Gasteiger partial charge is 0.379 e. The molecule has 2 fully saturated rings. The van der Waals surface area contributed by atoms with Crippen molar-refractivity contribution in [1.82, 2.24) is 4.90 Å². The maximum absolute atomic E-state index is 6.19. The van der Waals surface area contributed by atoms with Crippen molar-refractivity contribution in [2.24, 2.45) is 11.7 Å². The molecule has 2 N–H and O–H groups in total. The molecule has 0 aromatic heterocycles. The zero-order valence-electron chi connectivity index (χ0n) is 8.46. The van der Waals surface area contributed by atoms with E-state index in [9.17, 15) is 0 Å². The first-order valence-corrected chi connectivity index (χ1v) is 5.23. The van der Waals surface area contributed by atoms with Crippen LogP contribution in [0.4, 0.5) is 0 Å². The fraction of sp³-hybridized carbons (Fsp3) is 1.00. The molecule has 1 saturated carbocycles. The number of ether oxygens (including phenoxy) is 1. The van der Waals surface area contributed by atoms with Crippen molar-refractivity contribution in [2.75, 3.05) is 33.4 Å². The average molecular weight is 184 g/mol. The quantitative estimate of drug-likeness (QED) is 0.689. The average Bonchev–Trinajstić information content (AvgIpc) is 2.74. The van der Waals surface area contributed by atoms with Gasteiger partial charge < -0.3 is 15.4 Å². The van der Waals surface area contributed by atoms with Gasteiger partial charge in [0.2, 0.25) is 0 Å². The number of rotatable bonds is 4. The minimum Gasteiger partial charge on any atom is -0.379 e. The molecule has 76 valence electrons. The Kier molecular flexibility index (Phi) is 2.58. The van der Waals surface area contributed by atoms with Gasteiger partial charge in [0.15, 0.2) is 0 Å². The van der Waals surface area contributed by atoms with Crippen molar-refractivity contribution >= 4 is 0 Å². The van der Waals surface area contributed by atoms with Crippen molar-refractivity contribution < 1.29 is 4.74 Å². The van der Waals surface area contributed by atoms with Gasteiger partial charge in [0.1, 0.15) is 0 Å². The number of nitrogens with two attached hydrogens (primary N) is 1. The first kappa shape index (κ1) is 9.44. The first-order valence-electron chi connectivity index (χ1n) is 5.23. The summed E-state index contributed by atoms with van der Waals surface area (Å²) >= 11 is 0. The minimum atomic E-state index is -0.0658. The molecule has 3 heteroatoms. The molecule has 13 heavy (non-hydrogen) atoms. The Hall–Kier alpha value is -0.120. The Bertz CT molecular complexity index is 174. The second kappa shape index (κ2) is 3.56. The third-order valence-electron chi connectivity index (χ3n) is 2.99. The maximum Gasteiger partial charge on any atom is 0.0659 e. The summed E-state index contributed by atoms with van der Waals surface area (Å²) in [5, 5.41) is 0. The van der Waals surface area contributed by atoms with E-state index >= 15 is 0 Å². The van der Waals surface area contributed by atoms with Gasteiger partial charge in [-0.3, -0.25) is 0 Å². The number of hydrogen-bond acceptors (Lipinski definition) is 3. The minimum absolute atomic E-state index is 0.0658. The Balaban J connectivity index is 1.74. The van der Waals surface area contributed by atoms with Gasteiger partial charge in [0, 0.05) is 19.7 Å². The molecule has 1 saturated heterocycles. The molecule has 0 spiro atoms. The SMILES string of the molecule is CN(CC1CC1)CC1(N)CCOC1. The molecule has 0 amide bonds. The van der Waals surface area contributed by atoms with Crippen LogP contribution >= 0.6 is 0 Å². The van der Waals surface area contributed by atoms with Gasteiger partial charge >= 0.3 is 0 Å². The molecule has 2 rings (SSSR count). The number of hydrogen-bond donors (Lipinski definition) is 1. The van der Waals surface area contributed by atoms with Gasteiger partial charge in [-0.15, -0.1) is 0 Å². The maximum atomic E-state index is 6.19. The summed E-state index contributed by atoms with van der Waals surface area (Å²) in [6, 6.07) is 0. The third kappa shape index (κ3) is 2.66. The molecule has 1 heterocycles. The summed E-state index contributed by atoms with van der Waals surface area (Å²) in [6.07, 6.45) is 3.85. The summed E-state index contributed by atoms with van der Waals surface area (Å²) in [7, 11) is 2.17. The van der Waals surface area contributed by atoms with E-state index in [4.69, 9.17) is 10.5 Å². The molecule has 1 atom stereocenters. The lowest BCUT2D eigenvalue weighted by molar-refractivity contribution is 0.160. The van der Waals surface area contributed by atoms with Crippen LogP contribution in [0, 0.1) is 5.92 Å². The highest BCUT2D eigenvalue weighted by Crippen LogP contribution is 2.29. The summed E-state index contributed by atoms with van der Waals surface area (Å²) in [5.41, 5.74) is 6.12. The van der Waals surface area contributed by atoms with Crippen LogP contribution in [0.25, 0.3) is 0 Å². The van der Waals surface area contributed by atoms with Gasteiger partial charge in [-0.2, -0.15) is 0 Å². The highest BCUT2D eigenvalue weighted by Gasteiger charge is 2.33.